The lowest BCUT2D eigenvalue weighted by Crippen LogP contribution is -2.36. The zero-order valence-electron chi connectivity index (χ0n) is 11.9. The van der Waals surface area contributed by atoms with Crippen molar-refractivity contribution in [2.45, 2.75) is 37.8 Å². The average Bonchev–Trinajstić information content (AvgIpc) is 3.08. The highest BCUT2D eigenvalue weighted by Crippen LogP contribution is 2.27. The van der Waals surface area contributed by atoms with Gasteiger partial charge in [0.15, 0.2) is 0 Å². The maximum atomic E-state index is 11.2. The summed E-state index contributed by atoms with van der Waals surface area (Å²) in [5, 5.41) is 10.9. The molecule has 0 radical (unpaired) electrons. The van der Waals surface area contributed by atoms with Crippen LogP contribution in [-0.2, 0) is 16.8 Å². The van der Waals surface area contributed by atoms with Crippen molar-refractivity contribution in [2.75, 3.05) is 0 Å². The first kappa shape index (κ1) is 13.8. The van der Waals surface area contributed by atoms with E-state index in [0.717, 1.165) is 5.56 Å². The molecule has 1 aromatic carbocycles. The quantitative estimate of drug-likeness (QED) is 0.887. The van der Waals surface area contributed by atoms with Gasteiger partial charge in [0.25, 0.3) is 0 Å². The molecule has 1 aliphatic rings. The molecule has 0 spiro atoms. The number of carbonyl (C=O) groups is 1. The fraction of sp³-hybridized carbons (Fsp3) is 0.400. The Labute approximate surface area is 122 Å². The van der Waals surface area contributed by atoms with Crippen molar-refractivity contribution >= 4 is 5.91 Å². The van der Waals surface area contributed by atoms with Crippen LogP contribution in [0.5, 0.6) is 0 Å². The summed E-state index contributed by atoms with van der Waals surface area (Å²) in [6.45, 7) is 1.87. The number of amides is 1. The van der Waals surface area contributed by atoms with Crippen LogP contribution in [0.3, 0.4) is 0 Å². The summed E-state index contributed by atoms with van der Waals surface area (Å²) in [5.74, 6) is 0.836. The highest BCUT2D eigenvalue weighted by atomic mass is 16.4. The molecule has 1 unspecified atom stereocenters. The minimum atomic E-state index is -0.741. The molecule has 3 rings (SSSR count). The van der Waals surface area contributed by atoms with Gasteiger partial charge in [-0.3, -0.25) is 4.79 Å². The molecule has 0 saturated carbocycles. The summed E-state index contributed by atoms with van der Waals surface area (Å²) in [4.78, 5) is 11.2. The van der Waals surface area contributed by atoms with Crippen molar-refractivity contribution in [1.82, 2.24) is 15.5 Å². The third-order valence-electron chi connectivity index (χ3n) is 3.64. The molecule has 21 heavy (non-hydrogen) atoms. The lowest BCUT2D eigenvalue weighted by molar-refractivity contribution is -0.119. The van der Waals surface area contributed by atoms with Crippen molar-refractivity contribution in [2.24, 2.45) is 5.73 Å². The van der Waals surface area contributed by atoms with Crippen LogP contribution in [0.15, 0.2) is 34.7 Å². The van der Waals surface area contributed by atoms with E-state index in [1.54, 1.807) is 0 Å². The second kappa shape index (κ2) is 5.29. The monoisotopic (exact) mass is 286 g/mol. The number of aromatic nitrogens is 2. The molecule has 1 aliphatic heterocycles. The fourth-order valence-electron chi connectivity index (χ4n) is 2.50. The lowest BCUT2D eigenvalue weighted by atomic mass is 9.94. The largest absolute Gasteiger partial charge is 0.421 e. The highest BCUT2D eigenvalue weighted by Gasteiger charge is 2.32. The van der Waals surface area contributed by atoms with E-state index in [2.05, 4.69) is 15.5 Å². The van der Waals surface area contributed by atoms with Gasteiger partial charge in [0.1, 0.15) is 6.04 Å². The Morgan fingerprint density at radius 2 is 2.14 bits per heavy atom. The number of hydrogen-bond donors (Lipinski definition) is 2. The second-order valence-corrected chi connectivity index (χ2v) is 5.68. The van der Waals surface area contributed by atoms with E-state index >= 15 is 0 Å². The average molecular weight is 286 g/mol. The first-order chi connectivity index (χ1) is 10.0. The van der Waals surface area contributed by atoms with E-state index in [0.29, 0.717) is 31.0 Å². The minimum Gasteiger partial charge on any atom is -0.421 e. The molecule has 0 aliphatic carbocycles. The topological polar surface area (TPSA) is 94.0 Å². The fourth-order valence-corrected chi connectivity index (χ4v) is 2.50. The van der Waals surface area contributed by atoms with E-state index in [4.69, 9.17) is 10.2 Å². The van der Waals surface area contributed by atoms with Gasteiger partial charge in [-0.2, -0.15) is 0 Å². The third-order valence-corrected chi connectivity index (χ3v) is 3.64. The number of nitrogens with two attached hydrogens (primary N) is 1. The molecule has 1 amide bonds. The van der Waals surface area contributed by atoms with Crippen LogP contribution in [0, 0.1) is 0 Å². The van der Waals surface area contributed by atoms with Gasteiger partial charge < -0.3 is 15.5 Å². The van der Waals surface area contributed by atoms with Gasteiger partial charge in [0.2, 0.25) is 17.7 Å². The standard InChI is InChI=1S/C15H18N4O2/c1-15(16,9-10-5-3-2-4-6-10)14-19-18-13(21-14)11-7-8-12(20)17-11/h2-6,11H,7-9,16H2,1H3,(H,17,20)/t11?,15-/m1/s1. The molecule has 2 atom stereocenters. The molecule has 2 aromatic rings. The van der Waals surface area contributed by atoms with Crippen molar-refractivity contribution < 1.29 is 9.21 Å². The molecule has 6 heteroatoms. The Morgan fingerprint density at radius 1 is 1.38 bits per heavy atom. The summed E-state index contributed by atoms with van der Waals surface area (Å²) in [6.07, 6.45) is 1.78. The van der Waals surface area contributed by atoms with Gasteiger partial charge in [-0.1, -0.05) is 30.3 Å². The number of carbonyl (C=O) groups excluding carboxylic acids is 1. The summed E-state index contributed by atoms with van der Waals surface area (Å²) < 4.78 is 5.69. The summed E-state index contributed by atoms with van der Waals surface area (Å²) >= 11 is 0. The molecule has 6 nitrogen and oxygen atoms in total. The van der Waals surface area contributed by atoms with Crippen molar-refractivity contribution in [3.05, 3.63) is 47.7 Å². The van der Waals surface area contributed by atoms with Gasteiger partial charge in [-0.25, -0.2) is 0 Å². The van der Waals surface area contributed by atoms with Gasteiger partial charge in [-0.15, -0.1) is 10.2 Å². The summed E-state index contributed by atoms with van der Waals surface area (Å²) in [7, 11) is 0. The Bertz CT molecular complexity index is 636. The van der Waals surface area contributed by atoms with Crippen LogP contribution in [0.25, 0.3) is 0 Å². The molecule has 1 aromatic heterocycles. The number of nitrogens with one attached hydrogen (secondary N) is 1. The molecule has 3 N–H and O–H groups in total. The van der Waals surface area contributed by atoms with Crippen LogP contribution in [0.1, 0.15) is 43.2 Å². The highest BCUT2D eigenvalue weighted by molar-refractivity contribution is 5.78. The molecule has 1 fully saturated rings. The number of benzene rings is 1. The Morgan fingerprint density at radius 3 is 2.81 bits per heavy atom. The van der Waals surface area contributed by atoms with Gasteiger partial charge in [0, 0.05) is 6.42 Å². The molecule has 1 saturated heterocycles. The van der Waals surface area contributed by atoms with Gasteiger partial charge >= 0.3 is 0 Å². The van der Waals surface area contributed by atoms with Crippen molar-refractivity contribution in [3.63, 3.8) is 0 Å². The van der Waals surface area contributed by atoms with E-state index in [1.807, 2.05) is 37.3 Å². The molecule has 2 heterocycles. The van der Waals surface area contributed by atoms with Crippen molar-refractivity contribution in [3.8, 4) is 0 Å². The Kier molecular flexibility index (Phi) is 3.47. The predicted octanol–water partition coefficient (Wildman–Crippen LogP) is 1.44. The second-order valence-electron chi connectivity index (χ2n) is 5.68. The zero-order valence-corrected chi connectivity index (χ0v) is 11.9. The molecule has 0 bridgehead atoms. The smallest absolute Gasteiger partial charge is 0.238 e. The molecule has 110 valence electrons. The van der Waals surface area contributed by atoms with E-state index in [9.17, 15) is 4.79 Å². The third kappa shape index (κ3) is 2.95. The van der Waals surface area contributed by atoms with Crippen LogP contribution in [-0.4, -0.2) is 16.1 Å². The lowest BCUT2D eigenvalue weighted by Gasteiger charge is -2.20. The number of nitrogens with zero attached hydrogens (tertiary/aromatic N) is 2. The van der Waals surface area contributed by atoms with Gasteiger partial charge in [0.05, 0.1) is 5.54 Å². The zero-order chi connectivity index (χ0) is 14.9. The van der Waals surface area contributed by atoms with Crippen LogP contribution in [0.4, 0.5) is 0 Å². The van der Waals surface area contributed by atoms with Crippen molar-refractivity contribution in [1.29, 1.82) is 0 Å². The maximum Gasteiger partial charge on any atom is 0.238 e. The summed E-state index contributed by atoms with van der Waals surface area (Å²) in [6, 6.07) is 9.74. The van der Waals surface area contributed by atoms with Crippen LogP contribution < -0.4 is 11.1 Å². The van der Waals surface area contributed by atoms with Crippen LogP contribution in [0.2, 0.25) is 0 Å². The number of rotatable bonds is 4. The van der Waals surface area contributed by atoms with Gasteiger partial charge in [-0.05, 0) is 25.3 Å². The maximum absolute atomic E-state index is 11.2. The molecular formula is C15H18N4O2. The number of hydrogen-bond acceptors (Lipinski definition) is 5. The van der Waals surface area contributed by atoms with E-state index in [-0.39, 0.29) is 11.9 Å². The SMILES string of the molecule is C[C@@](N)(Cc1ccccc1)c1nnc(C2CCC(=O)N2)o1. The van der Waals surface area contributed by atoms with E-state index in [1.165, 1.54) is 0 Å². The minimum absolute atomic E-state index is 0.0135. The summed E-state index contributed by atoms with van der Waals surface area (Å²) in [5.41, 5.74) is 6.69. The Balaban J connectivity index is 1.76. The normalized spacial score (nSPS) is 21.0. The first-order valence-corrected chi connectivity index (χ1v) is 7.01. The van der Waals surface area contributed by atoms with E-state index < -0.39 is 5.54 Å². The van der Waals surface area contributed by atoms with Crippen LogP contribution >= 0.6 is 0 Å². The Hall–Kier alpha value is -2.21. The molecular weight excluding hydrogens is 268 g/mol. The first-order valence-electron chi connectivity index (χ1n) is 7.01. The predicted molar refractivity (Wildman–Crippen MR) is 76.1 cm³/mol.